The third-order valence-corrected chi connectivity index (χ3v) is 9.76. The van der Waals surface area contributed by atoms with Crippen LogP contribution in [0.15, 0.2) is 102 Å². The van der Waals surface area contributed by atoms with Gasteiger partial charge in [0.2, 0.25) is 11.8 Å². The van der Waals surface area contributed by atoms with E-state index < -0.39 is 28.5 Å². The topological polar surface area (TPSA) is 86.8 Å². The second kappa shape index (κ2) is 14.9. The Labute approximate surface area is 273 Å². The van der Waals surface area contributed by atoms with Gasteiger partial charge < -0.3 is 10.2 Å². The van der Waals surface area contributed by atoms with Gasteiger partial charge in [-0.2, -0.15) is 0 Å². The lowest BCUT2D eigenvalue weighted by atomic mass is 10.0. The van der Waals surface area contributed by atoms with Crippen LogP contribution < -0.4 is 9.62 Å². The first-order chi connectivity index (χ1) is 21.0. The number of aryl methyl sites for hydroxylation is 1. The summed E-state index contributed by atoms with van der Waals surface area (Å²) >= 11 is 18.8. The number of nitrogens with zero attached hydrogens (tertiary/aromatic N) is 2. The van der Waals surface area contributed by atoms with Gasteiger partial charge in [-0.05, 0) is 66.9 Å². The van der Waals surface area contributed by atoms with Crippen LogP contribution in [-0.4, -0.2) is 44.3 Å². The Morgan fingerprint density at radius 1 is 0.818 bits per heavy atom. The fourth-order valence-electron chi connectivity index (χ4n) is 4.76. The predicted octanol–water partition coefficient (Wildman–Crippen LogP) is 6.93. The van der Waals surface area contributed by atoms with Crippen molar-refractivity contribution >= 4 is 62.3 Å². The molecule has 4 aromatic rings. The molecule has 4 aromatic carbocycles. The minimum Gasteiger partial charge on any atom is -0.355 e. The van der Waals surface area contributed by atoms with Crippen molar-refractivity contribution in [3.63, 3.8) is 0 Å². The average molecular weight is 673 g/mol. The third kappa shape index (κ3) is 8.12. The number of amides is 2. The average Bonchev–Trinajstić information content (AvgIpc) is 3.01. The van der Waals surface area contributed by atoms with Crippen LogP contribution in [0, 0.1) is 6.92 Å². The summed E-state index contributed by atoms with van der Waals surface area (Å²) in [6.07, 6.45) is 0.196. The van der Waals surface area contributed by atoms with Crippen molar-refractivity contribution in [2.75, 3.05) is 17.4 Å². The molecule has 1 N–H and O–H groups in total. The maximum atomic E-state index is 14.4. The zero-order chi connectivity index (χ0) is 31.9. The van der Waals surface area contributed by atoms with Gasteiger partial charge in [0, 0.05) is 24.5 Å². The van der Waals surface area contributed by atoms with E-state index in [1.54, 1.807) is 62.4 Å². The molecule has 0 aliphatic heterocycles. The van der Waals surface area contributed by atoms with Crippen LogP contribution in [0.25, 0.3) is 0 Å². The summed E-state index contributed by atoms with van der Waals surface area (Å²) in [7, 11) is -4.23. The maximum Gasteiger partial charge on any atom is 0.264 e. The Bertz CT molecular complexity index is 1720. The van der Waals surface area contributed by atoms with Crippen molar-refractivity contribution in [2.24, 2.45) is 0 Å². The van der Waals surface area contributed by atoms with Crippen LogP contribution in [0.2, 0.25) is 15.1 Å². The number of sulfonamides is 1. The molecule has 0 aliphatic rings. The van der Waals surface area contributed by atoms with Gasteiger partial charge in [0.25, 0.3) is 10.0 Å². The standard InChI is InChI=1S/C33H32Cl3N3O4S/c1-3-37-33(41)31(19-24-10-6-4-7-11-24)38(21-25-15-17-28(35)29(36)18-25)32(40)22-39(30-20-26(34)16-14-23(30)2)44(42,43)27-12-8-5-9-13-27/h4-18,20,31H,3,19,21-22H2,1-2H3,(H,37,41)/t31-/m0/s1. The summed E-state index contributed by atoms with van der Waals surface area (Å²) in [6, 6.07) is 26.0. The smallest absolute Gasteiger partial charge is 0.264 e. The minimum absolute atomic E-state index is 0.00719. The van der Waals surface area contributed by atoms with Crippen LogP contribution in [-0.2, 0) is 32.6 Å². The first kappa shape index (κ1) is 33.3. The Morgan fingerprint density at radius 3 is 2.11 bits per heavy atom. The highest BCUT2D eigenvalue weighted by molar-refractivity contribution is 7.92. The van der Waals surface area contributed by atoms with E-state index in [9.17, 15) is 18.0 Å². The van der Waals surface area contributed by atoms with E-state index in [4.69, 9.17) is 34.8 Å². The van der Waals surface area contributed by atoms with Gasteiger partial charge in [0.05, 0.1) is 20.6 Å². The summed E-state index contributed by atoms with van der Waals surface area (Å²) in [6.45, 7) is 3.25. The van der Waals surface area contributed by atoms with E-state index in [0.717, 1.165) is 9.87 Å². The fraction of sp³-hybridized carbons (Fsp3) is 0.212. The zero-order valence-corrected chi connectivity index (χ0v) is 27.3. The molecule has 0 radical (unpaired) electrons. The highest BCUT2D eigenvalue weighted by Crippen LogP contribution is 2.30. The molecule has 0 unspecified atom stereocenters. The summed E-state index contributed by atoms with van der Waals surface area (Å²) in [5.41, 5.74) is 2.30. The number of nitrogens with one attached hydrogen (secondary N) is 1. The molecule has 0 aromatic heterocycles. The molecule has 0 spiro atoms. The van der Waals surface area contributed by atoms with Gasteiger partial charge in [-0.3, -0.25) is 13.9 Å². The fourth-order valence-corrected chi connectivity index (χ4v) is 6.74. The Morgan fingerprint density at radius 2 is 1.48 bits per heavy atom. The molecular weight excluding hydrogens is 641 g/mol. The van der Waals surface area contributed by atoms with Crippen LogP contribution in [0.4, 0.5) is 5.69 Å². The molecule has 2 amide bonds. The van der Waals surface area contributed by atoms with Crippen molar-refractivity contribution < 1.29 is 18.0 Å². The third-order valence-electron chi connectivity index (χ3n) is 7.01. The van der Waals surface area contributed by atoms with Crippen LogP contribution in [0.1, 0.15) is 23.6 Å². The molecule has 0 heterocycles. The van der Waals surface area contributed by atoms with E-state index >= 15 is 0 Å². The number of rotatable bonds is 12. The normalized spacial score (nSPS) is 11.9. The Hall–Kier alpha value is -3.56. The number of carbonyl (C=O) groups excluding carboxylic acids is 2. The summed E-state index contributed by atoms with van der Waals surface area (Å²) in [5, 5.41) is 3.78. The van der Waals surface area contributed by atoms with E-state index in [2.05, 4.69) is 5.32 Å². The van der Waals surface area contributed by atoms with Crippen molar-refractivity contribution in [3.05, 3.63) is 129 Å². The number of likely N-dealkylation sites (N-methyl/N-ethyl adjacent to an activating group) is 1. The van der Waals surface area contributed by atoms with Gasteiger partial charge >= 0.3 is 0 Å². The monoisotopic (exact) mass is 671 g/mol. The van der Waals surface area contributed by atoms with Gasteiger partial charge in [-0.1, -0.05) is 95.5 Å². The number of hydrogen-bond acceptors (Lipinski definition) is 4. The lowest BCUT2D eigenvalue weighted by molar-refractivity contribution is -0.140. The van der Waals surface area contributed by atoms with Crippen molar-refractivity contribution in [1.82, 2.24) is 10.2 Å². The van der Waals surface area contributed by atoms with Crippen molar-refractivity contribution in [1.29, 1.82) is 0 Å². The van der Waals surface area contributed by atoms with Crippen LogP contribution >= 0.6 is 34.8 Å². The number of halogens is 3. The molecule has 1 atom stereocenters. The summed E-state index contributed by atoms with van der Waals surface area (Å²) in [4.78, 5) is 29.4. The minimum atomic E-state index is -4.23. The molecule has 7 nitrogen and oxygen atoms in total. The maximum absolute atomic E-state index is 14.4. The quantitative estimate of drug-likeness (QED) is 0.177. The van der Waals surface area contributed by atoms with Gasteiger partial charge in [-0.25, -0.2) is 8.42 Å². The van der Waals surface area contributed by atoms with E-state index in [0.29, 0.717) is 27.7 Å². The lowest BCUT2D eigenvalue weighted by Gasteiger charge is -2.34. The number of carbonyl (C=O) groups is 2. The molecular formula is C33H32Cl3N3O4S. The molecule has 230 valence electrons. The SMILES string of the molecule is CCNC(=O)[C@H](Cc1ccccc1)N(Cc1ccc(Cl)c(Cl)c1)C(=O)CN(c1cc(Cl)ccc1C)S(=O)(=O)c1ccccc1. The number of anilines is 1. The molecule has 44 heavy (non-hydrogen) atoms. The molecule has 4 rings (SSSR count). The van der Waals surface area contributed by atoms with Crippen LogP contribution in [0.5, 0.6) is 0 Å². The predicted molar refractivity (Wildman–Crippen MR) is 177 cm³/mol. The first-order valence-electron chi connectivity index (χ1n) is 13.9. The summed E-state index contributed by atoms with van der Waals surface area (Å²) in [5.74, 6) is -0.969. The van der Waals surface area contributed by atoms with Crippen LogP contribution in [0.3, 0.4) is 0 Å². The molecule has 0 saturated carbocycles. The van der Waals surface area contributed by atoms with E-state index in [-0.39, 0.29) is 34.5 Å². The zero-order valence-electron chi connectivity index (χ0n) is 24.2. The highest BCUT2D eigenvalue weighted by atomic mass is 35.5. The molecule has 0 fully saturated rings. The summed E-state index contributed by atoms with van der Waals surface area (Å²) < 4.78 is 29.2. The Kier molecular flexibility index (Phi) is 11.3. The largest absolute Gasteiger partial charge is 0.355 e. The van der Waals surface area contributed by atoms with E-state index in [1.807, 2.05) is 30.3 Å². The molecule has 0 aliphatic carbocycles. The highest BCUT2D eigenvalue weighted by Gasteiger charge is 2.35. The number of benzene rings is 4. The van der Waals surface area contributed by atoms with Gasteiger partial charge in [0.1, 0.15) is 12.6 Å². The Balaban J connectivity index is 1.83. The molecule has 0 saturated heterocycles. The molecule has 0 bridgehead atoms. The van der Waals surface area contributed by atoms with Crippen molar-refractivity contribution in [2.45, 2.75) is 37.8 Å². The second-order valence-corrected chi connectivity index (χ2v) is 13.2. The van der Waals surface area contributed by atoms with E-state index in [1.165, 1.54) is 23.1 Å². The van der Waals surface area contributed by atoms with Crippen molar-refractivity contribution in [3.8, 4) is 0 Å². The van der Waals surface area contributed by atoms with Gasteiger partial charge in [-0.15, -0.1) is 0 Å². The molecule has 11 heteroatoms. The second-order valence-electron chi connectivity index (χ2n) is 10.1. The lowest BCUT2D eigenvalue weighted by Crippen LogP contribution is -2.53. The first-order valence-corrected chi connectivity index (χ1v) is 16.5. The number of hydrogen-bond donors (Lipinski definition) is 1. The van der Waals surface area contributed by atoms with Gasteiger partial charge in [0.15, 0.2) is 0 Å².